The van der Waals surface area contributed by atoms with Gasteiger partial charge in [-0.1, -0.05) is 0 Å². The summed E-state index contributed by atoms with van der Waals surface area (Å²) in [5.41, 5.74) is 0. The molecule has 0 aromatic heterocycles. The van der Waals surface area contributed by atoms with Gasteiger partial charge in [0.05, 0.1) is 6.61 Å². The molecule has 0 bridgehead atoms. The van der Waals surface area contributed by atoms with Crippen molar-refractivity contribution in [1.29, 1.82) is 0 Å². The van der Waals surface area contributed by atoms with E-state index < -0.39 is 31.0 Å². The van der Waals surface area contributed by atoms with Gasteiger partial charge in [0, 0.05) is 0 Å². The van der Waals surface area contributed by atoms with Crippen molar-refractivity contribution >= 4 is 0 Å². The largest absolute Gasteiger partial charge is 0.394 e. The maximum atomic E-state index is 8.94. The van der Waals surface area contributed by atoms with Gasteiger partial charge in [-0.05, 0) is 0 Å². The van der Waals surface area contributed by atoms with Crippen LogP contribution in [0.1, 0.15) is 0 Å². The highest BCUT2D eigenvalue weighted by molar-refractivity contribution is 4.83. The van der Waals surface area contributed by atoms with Gasteiger partial charge in [-0.2, -0.15) is 0 Å². The summed E-state index contributed by atoms with van der Waals surface area (Å²) in [5, 5.41) is 51.9. The third-order valence-corrected chi connectivity index (χ3v) is 1.43. The monoisotopic (exact) mass is 181 g/mol. The number of aliphatic hydroxyl groups is 6. The molecule has 0 heterocycles. The first-order valence-corrected chi connectivity index (χ1v) is 3.35. The van der Waals surface area contributed by atoms with Crippen LogP contribution >= 0.6 is 0 Å². The highest BCUT2D eigenvalue weighted by Crippen LogP contribution is 2.05. The van der Waals surface area contributed by atoms with Crippen molar-refractivity contribution < 1.29 is 30.6 Å². The van der Waals surface area contributed by atoms with E-state index in [1.54, 1.807) is 0 Å². The Bertz CT molecular complexity index is 105. The second-order valence-corrected chi connectivity index (χ2v) is 2.37. The lowest BCUT2D eigenvalue weighted by Gasteiger charge is -2.23. The normalized spacial score (nSPS) is 21.5. The molecule has 12 heavy (non-hydrogen) atoms. The van der Waals surface area contributed by atoms with Crippen LogP contribution < -0.4 is 0 Å². The third-order valence-electron chi connectivity index (χ3n) is 1.43. The molecule has 6 nitrogen and oxygen atoms in total. The van der Waals surface area contributed by atoms with Gasteiger partial charge in [0.1, 0.15) is 31.0 Å². The molecule has 0 rings (SSSR count). The first kappa shape index (κ1) is 11.8. The molecule has 0 aliphatic heterocycles. The highest BCUT2D eigenvalue weighted by Gasteiger charge is 2.29. The summed E-state index contributed by atoms with van der Waals surface area (Å²) in [7, 11) is 0. The molecule has 6 heteroatoms. The topological polar surface area (TPSA) is 121 Å². The van der Waals surface area contributed by atoms with Crippen LogP contribution in [0.15, 0.2) is 0 Å². The fourth-order valence-electron chi connectivity index (χ4n) is 0.626. The van der Waals surface area contributed by atoms with Crippen LogP contribution in [-0.4, -0.2) is 61.7 Å². The van der Waals surface area contributed by atoms with E-state index in [0.29, 0.717) is 0 Å². The maximum Gasteiger partial charge on any atom is 0.111 e. The van der Waals surface area contributed by atoms with Crippen LogP contribution in [0.3, 0.4) is 0 Å². The van der Waals surface area contributed by atoms with Gasteiger partial charge in [0.15, 0.2) is 0 Å². The summed E-state index contributed by atoms with van der Waals surface area (Å²) in [6.07, 6.45) is -6.62. The first-order valence-electron chi connectivity index (χ1n) is 3.35. The summed E-state index contributed by atoms with van der Waals surface area (Å²) in [6.45, 7) is -0.464. The van der Waals surface area contributed by atoms with E-state index in [-0.39, 0.29) is 6.61 Å². The Hall–Kier alpha value is -0.240. The summed E-state index contributed by atoms with van der Waals surface area (Å²) < 4.78 is 0. The van der Waals surface area contributed by atoms with E-state index in [9.17, 15) is 0 Å². The fraction of sp³-hybridized carbons (Fsp3) is 0.833. The van der Waals surface area contributed by atoms with Gasteiger partial charge < -0.3 is 30.6 Å². The van der Waals surface area contributed by atoms with Gasteiger partial charge in [0.25, 0.3) is 0 Å². The molecular weight excluding hydrogens is 168 g/mol. The molecule has 0 saturated carbocycles. The molecule has 0 spiro atoms. The minimum absolute atomic E-state index is 0.276. The van der Waals surface area contributed by atoms with Gasteiger partial charge in [0.2, 0.25) is 0 Å². The number of hydrogen-bond donors (Lipinski definition) is 6. The van der Waals surface area contributed by atoms with E-state index in [4.69, 9.17) is 30.6 Å². The van der Waals surface area contributed by atoms with E-state index in [1.807, 2.05) is 0 Å². The fourth-order valence-corrected chi connectivity index (χ4v) is 0.626. The standard InChI is InChI=1S/C6H13O6/c7-1-3(9)5(11)6(12)4(10)2-8/h1,3-12H,2H2/t3-,4-,5-,6-/m1/s1. The number of hydrogen-bond acceptors (Lipinski definition) is 6. The van der Waals surface area contributed by atoms with Crippen LogP contribution in [0, 0.1) is 6.61 Å². The Balaban J connectivity index is 3.99. The molecule has 1 radical (unpaired) electrons. The summed E-state index contributed by atoms with van der Waals surface area (Å²) >= 11 is 0. The van der Waals surface area contributed by atoms with Crippen molar-refractivity contribution in [2.75, 3.05) is 6.61 Å². The molecule has 6 N–H and O–H groups in total. The first-order chi connectivity index (χ1) is 5.54. The second-order valence-electron chi connectivity index (χ2n) is 2.37. The molecule has 0 aromatic rings. The lowest BCUT2D eigenvalue weighted by atomic mass is 10.0. The van der Waals surface area contributed by atoms with Crippen molar-refractivity contribution in [3.63, 3.8) is 0 Å². The molecule has 0 aliphatic carbocycles. The van der Waals surface area contributed by atoms with Crippen LogP contribution in [0.5, 0.6) is 0 Å². The van der Waals surface area contributed by atoms with E-state index in [1.165, 1.54) is 0 Å². The summed E-state index contributed by atoms with van der Waals surface area (Å²) in [6, 6.07) is 0. The van der Waals surface area contributed by atoms with Crippen molar-refractivity contribution in [2.24, 2.45) is 0 Å². The maximum absolute atomic E-state index is 8.94. The molecule has 0 aliphatic rings. The minimum atomic E-state index is -1.72. The molecule has 0 fully saturated rings. The average Bonchev–Trinajstić information content (AvgIpc) is 2.12. The second kappa shape index (κ2) is 5.41. The van der Waals surface area contributed by atoms with Crippen LogP contribution in [0.4, 0.5) is 0 Å². The Morgan fingerprint density at radius 3 is 1.83 bits per heavy atom. The predicted octanol–water partition coefficient (Wildman–Crippen LogP) is -3.04. The van der Waals surface area contributed by atoms with Crippen molar-refractivity contribution in [1.82, 2.24) is 0 Å². The van der Waals surface area contributed by atoms with E-state index in [2.05, 4.69) is 0 Å². The molecule has 0 amide bonds. The SMILES string of the molecule is O[CH][C@@H](O)[C@@H](O)[C@H](O)[C@H](O)CO. The van der Waals surface area contributed by atoms with Gasteiger partial charge in [-0.15, -0.1) is 0 Å². The number of aliphatic hydroxyl groups excluding tert-OH is 6. The Morgan fingerprint density at radius 1 is 1.00 bits per heavy atom. The lowest BCUT2D eigenvalue weighted by Crippen LogP contribution is -2.45. The summed E-state index contributed by atoms with van der Waals surface area (Å²) in [5.74, 6) is 0. The molecule has 0 unspecified atom stereocenters. The zero-order valence-electron chi connectivity index (χ0n) is 6.28. The Kier molecular flexibility index (Phi) is 5.31. The van der Waals surface area contributed by atoms with Gasteiger partial charge >= 0.3 is 0 Å². The summed E-state index contributed by atoms with van der Waals surface area (Å²) in [4.78, 5) is 0. The van der Waals surface area contributed by atoms with Crippen LogP contribution in [0.2, 0.25) is 0 Å². The number of rotatable bonds is 5. The van der Waals surface area contributed by atoms with E-state index in [0.717, 1.165) is 0 Å². The molecular formula is C6H13O6. The Morgan fingerprint density at radius 2 is 1.50 bits per heavy atom. The molecule has 0 saturated heterocycles. The lowest BCUT2D eigenvalue weighted by molar-refractivity contribution is -0.114. The van der Waals surface area contributed by atoms with Crippen molar-refractivity contribution in [3.05, 3.63) is 6.61 Å². The molecule has 4 atom stereocenters. The Labute approximate surface area is 69.3 Å². The highest BCUT2D eigenvalue weighted by atomic mass is 16.4. The molecule has 73 valence electrons. The zero-order valence-corrected chi connectivity index (χ0v) is 6.28. The zero-order chi connectivity index (χ0) is 9.72. The third kappa shape index (κ3) is 3.02. The van der Waals surface area contributed by atoms with Gasteiger partial charge in [-0.3, -0.25) is 0 Å². The average molecular weight is 181 g/mol. The quantitative estimate of drug-likeness (QED) is 0.268. The molecule has 0 aromatic carbocycles. The van der Waals surface area contributed by atoms with Crippen molar-refractivity contribution in [3.8, 4) is 0 Å². The van der Waals surface area contributed by atoms with Crippen LogP contribution in [-0.2, 0) is 0 Å². The predicted molar refractivity (Wildman–Crippen MR) is 37.3 cm³/mol. The smallest absolute Gasteiger partial charge is 0.111 e. The minimum Gasteiger partial charge on any atom is -0.394 e. The van der Waals surface area contributed by atoms with Gasteiger partial charge in [-0.25, -0.2) is 0 Å². The van der Waals surface area contributed by atoms with E-state index >= 15 is 0 Å². The van der Waals surface area contributed by atoms with Crippen molar-refractivity contribution in [2.45, 2.75) is 24.4 Å². The van der Waals surface area contributed by atoms with Crippen LogP contribution in [0.25, 0.3) is 0 Å².